The maximum Gasteiger partial charge on any atom is 0.322 e. The van der Waals surface area contributed by atoms with Gasteiger partial charge in [-0.25, -0.2) is 4.79 Å². The van der Waals surface area contributed by atoms with E-state index < -0.39 is 23.1 Å². The largest absolute Gasteiger partial charge is 0.377 e. The summed E-state index contributed by atoms with van der Waals surface area (Å²) in [6.45, 7) is 1.46. The lowest BCUT2D eigenvalue weighted by Gasteiger charge is -2.52. The third kappa shape index (κ3) is 1.47. The summed E-state index contributed by atoms with van der Waals surface area (Å²) in [6.07, 6.45) is 3.45. The molecule has 3 amide bonds. The Hall–Kier alpha value is -3.17. The van der Waals surface area contributed by atoms with Gasteiger partial charge < -0.3 is 10.4 Å². The molecule has 6 heteroatoms. The van der Waals surface area contributed by atoms with Crippen LogP contribution in [0, 0.1) is 11.3 Å². The Morgan fingerprint density at radius 3 is 2.46 bits per heavy atom. The van der Waals surface area contributed by atoms with Gasteiger partial charge in [0.2, 0.25) is 0 Å². The number of allylic oxidation sites excluding steroid dienone is 2. The Kier molecular flexibility index (Phi) is 2.66. The van der Waals surface area contributed by atoms with Crippen LogP contribution in [0.4, 0.5) is 4.79 Å². The van der Waals surface area contributed by atoms with Crippen LogP contribution in [-0.4, -0.2) is 28.2 Å². The van der Waals surface area contributed by atoms with Crippen LogP contribution < -0.4 is 10.6 Å². The van der Waals surface area contributed by atoms with E-state index in [0.717, 1.165) is 5.56 Å². The van der Waals surface area contributed by atoms with Gasteiger partial charge >= 0.3 is 6.03 Å². The highest BCUT2D eigenvalue weighted by Gasteiger charge is 2.67. The summed E-state index contributed by atoms with van der Waals surface area (Å²) < 4.78 is 0. The first-order valence-corrected chi connectivity index (χ1v) is 7.43. The molecule has 0 spiro atoms. The van der Waals surface area contributed by atoms with Crippen molar-refractivity contribution in [1.82, 2.24) is 10.6 Å². The highest BCUT2D eigenvalue weighted by molar-refractivity contribution is 6.11. The second kappa shape index (κ2) is 4.43. The Bertz CT molecular complexity index is 936. The van der Waals surface area contributed by atoms with Crippen molar-refractivity contribution < 1.29 is 14.7 Å². The summed E-state index contributed by atoms with van der Waals surface area (Å²) in [5.41, 5.74) is -0.766. The number of benzene rings is 1. The fourth-order valence-corrected chi connectivity index (χ4v) is 3.64. The topological polar surface area (TPSA) is 102 Å². The SMILES string of the molecule is CC1(C2(O)c3ccc(-c4ccccc4)c2c3C#N)NC(=O)NC1=O. The van der Waals surface area contributed by atoms with Gasteiger partial charge in [0.25, 0.3) is 5.91 Å². The van der Waals surface area contributed by atoms with Gasteiger partial charge in [0.1, 0.15) is 5.60 Å². The molecule has 2 atom stereocenters. The van der Waals surface area contributed by atoms with Crippen molar-refractivity contribution in [2.75, 3.05) is 0 Å². The third-order valence-electron chi connectivity index (χ3n) is 4.92. The van der Waals surface area contributed by atoms with Crippen LogP contribution in [0.3, 0.4) is 0 Å². The van der Waals surface area contributed by atoms with Gasteiger partial charge in [0, 0.05) is 11.1 Å². The maximum atomic E-state index is 12.3. The molecule has 2 unspecified atom stereocenters. The van der Waals surface area contributed by atoms with Gasteiger partial charge in [0.15, 0.2) is 5.54 Å². The third-order valence-corrected chi connectivity index (χ3v) is 4.92. The molecule has 6 nitrogen and oxygen atoms in total. The fraction of sp³-hybridized carbons (Fsp3) is 0.167. The van der Waals surface area contributed by atoms with Crippen LogP contribution in [0.1, 0.15) is 12.5 Å². The quantitative estimate of drug-likeness (QED) is 0.712. The molecule has 1 fully saturated rings. The summed E-state index contributed by atoms with van der Waals surface area (Å²) >= 11 is 0. The predicted octanol–water partition coefficient (Wildman–Crippen LogP) is 1.17. The number of hydrogen-bond acceptors (Lipinski definition) is 4. The standard InChI is InChI=1S/C18H13N3O3/c1-17(15(22)20-16(23)21-17)18(24)13-8-7-11(14(18)12(13)9-19)10-5-3-2-4-6-10/h2-8,24H,1H3,(H2,20,21,22,23). The molecule has 118 valence electrons. The normalized spacial score (nSPS) is 30.7. The van der Waals surface area contributed by atoms with Crippen molar-refractivity contribution in [3.05, 3.63) is 64.8 Å². The molecule has 1 saturated heterocycles. The lowest BCUT2D eigenvalue weighted by atomic mass is 9.55. The molecule has 1 aromatic rings. The number of urea groups is 1. The van der Waals surface area contributed by atoms with Gasteiger partial charge in [0.05, 0.1) is 11.6 Å². The summed E-state index contributed by atoms with van der Waals surface area (Å²) in [4.78, 5) is 23.9. The van der Waals surface area contributed by atoms with Crippen LogP contribution in [0.2, 0.25) is 0 Å². The van der Waals surface area contributed by atoms with Crippen molar-refractivity contribution in [1.29, 1.82) is 5.26 Å². The molecule has 0 aromatic heterocycles. The number of aliphatic hydroxyl groups is 1. The van der Waals surface area contributed by atoms with Crippen LogP contribution in [0.5, 0.6) is 0 Å². The zero-order valence-electron chi connectivity index (χ0n) is 12.8. The first-order chi connectivity index (χ1) is 11.4. The Morgan fingerprint density at radius 2 is 1.88 bits per heavy atom. The van der Waals surface area contributed by atoms with E-state index in [-0.39, 0.29) is 0 Å². The molecule has 1 aliphatic heterocycles. The monoisotopic (exact) mass is 319 g/mol. The number of nitriles is 1. The summed E-state index contributed by atoms with van der Waals surface area (Å²) in [6, 6.07) is 10.7. The highest BCUT2D eigenvalue weighted by Crippen LogP contribution is 2.57. The minimum absolute atomic E-state index is 0.342. The minimum atomic E-state index is -1.74. The molecular formula is C18H13N3O3. The molecule has 24 heavy (non-hydrogen) atoms. The number of imide groups is 1. The van der Waals surface area contributed by atoms with Crippen molar-refractivity contribution in [3.8, 4) is 6.07 Å². The van der Waals surface area contributed by atoms with Gasteiger partial charge in [-0.15, -0.1) is 0 Å². The second-order valence-corrected chi connectivity index (χ2v) is 6.13. The highest BCUT2D eigenvalue weighted by atomic mass is 16.3. The number of rotatable bonds is 2. The average molecular weight is 319 g/mol. The van der Waals surface area contributed by atoms with Crippen LogP contribution in [0.25, 0.3) is 5.57 Å². The lowest BCUT2D eigenvalue weighted by Crippen LogP contribution is -2.68. The van der Waals surface area contributed by atoms with E-state index in [4.69, 9.17) is 0 Å². The number of carbonyl (C=O) groups is 2. The molecule has 2 bridgehead atoms. The van der Waals surface area contributed by atoms with E-state index in [0.29, 0.717) is 22.3 Å². The zero-order valence-corrected chi connectivity index (χ0v) is 12.8. The second-order valence-electron chi connectivity index (χ2n) is 6.13. The smallest absolute Gasteiger partial charge is 0.322 e. The fourth-order valence-electron chi connectivity index (χ4n) is 3.64. The predicted molar refractivity (Wildman–Crippen MR) is 85.2 cm³/mol. The number of carbonyl (C=O) groups excluding carboxylic acids is 2. The molecule has 3 aliphatic rings. The molecule has 0 saturated carbocycles. The van der Waals surface area contributed by atoms with Crippen LogP contribution >= 0.6 is 0 Å². The van der Waals surface area contributed by atoms with Gasteiger partial charge in [-0.1, -0.05) is 42.5 Å². The molecule has 1 heterocycles. The minimum Gasteiger partial charge on any atom is -0.377 e. The van der Waals surface area contributed by atoms with Gasteiger partial charge in [-0.2, -0.15) is 5.26 Å². The van der Waals surface area contributed by atoms with Gasteiger partial charge in [-0.05, 0) is 18.1 Å². The number of nitrogens with one attached hydrogen (secondary N) is 2. The summed E-state index contributed by atoms with van der Waals surface area (Å²) in [5, 5.41) is 25.5. The Labute approximate surface area is 137 Å². The van der Waals surface area contributed by atoms with Gasteiger partial charge in [-0.3, -0.25) is 10.1 Å². The Balaban J connectivity index is 1.90. The van der Waals surface area contributed by atoms with E-state index in [2.05, 4.69) is 16.7 Å². The molecule has 4 rings (SSSR count). The number of hydrogen-bond donors (Lipinski definition) is 3. The summed E-state index contributed by atoms with van der Waals surface area (Å²) in [5.74, 6) is -0.621. The number of amides is 3. The number of fused-ring (bicyclic) bond motifs is 2. The van der Waals surface area contributed by atoms with Crippen molar-refractivity contribution >= 4 is 17.5 Å². The average Bonchev–Trinajstić information content (AvgIpc) is 2.87. The molecule has 3 N–H and O–H groups in total. The van der Waals surface area contributed by atoms with E-state index in [1.807, 2.05) is 36.4 Å². The molecule has 1 aromatic carbocycles. The maximum absolute atomic E-state index is 12.3. The first-order valence-electron chi connectivity index (χ1n) is 7.43. The zero-order chi connectivity index (χ0) is 17.1. The van der Waals surface area contributed by atoms with E-state index >= 15 is 0 Å². The molecule has 2 aliphatic carbocycles. The molecular weight excluding hydrogens is 306 g/mol. The van der Waals surface area contributed by atoms with Crippen molar-refractivity contribution in [2.24, 2.45) is 0 Å². The van der Waals surface area contributed by atoms with Crippen LogP contribution in [-0.2, 0) is 4.79 Å². The first kappa shape index (κ1) is 14.4. The number of nitrogens with zero attached hydrogens (tertiary/aromatic N) is 1. The lowest BCUT2D eigenvalue weighted by molar-refractivity contribution is -0.129. The molecule has 0 radical (unpaired) electrons. The van der Waals surface area contributed by atoms with E-state index in [1.54, 1.807) is 6.08 Å². The Morgan fingerprint density at radius 1 is 1.17 bits per heavy atom. The summed E-state index contributed by atoms with van der Waals surface area (Å²) in [7, 11) is 0. The van der Waals surface area contributed by atoms with E-state index in [9.17, 15) is 20.0 Å². The van der Waals surface area contributed by atoms with Crippen molar-refractivity contribution in [3.63, 3.8) is 0 Å². The van der Waals surface area contributed by atoms with Crippen LogP contribution in [0.15, 0.2) is 59.2 Å². The van der Waals surface area contributed by atoms with E-state index in [1.165, 1.54) is 6.92 Å². The van der Waals surface area contributed by atoms with Crippen molar-refractivity contribution in [2.45, 2.75) is 18.1 Å².